The highest BCUT2D eigenvalue weighted by Gasteiger charge is 2.84. The second-order valence-corrected chi connectivity index (χ2v) is 15.3. The molecule has 0 heterocycles. The Balaban J connectivity index is 1.90. The Bertz CT molecular complexity index is 1640. The number of carbonyl (C=O) groups is 7. The maximum absolute atomic E-state index is 14.5. The van der Waals surface area contributed by atoms with Gasteiger partial charge in [-0.25, -0.2) is 4.79 Å². The second kappa shape index (κ2) is 13.0. The van der Waals surface area contributed by atoms with Crippen LogP contribution in [0.1, 0.15) is 85.5 Å². The largest absolute Gasteiger partial charge is 0.461 e. The third kappa shape index (κ3) is 5.98. The van der Waals surface area contributed by atoms with E-state index >= 15 is 0 Å². The van der Waals surface area contributed by atoms with Gasteiger partial charge in [0.2, 0.25) is 0 Å². The Morgan fingerprint density at radius 3 is 1.75 bits per heavy atom. The fourth-order valence-electron chi connectivity index (χ4n) is 10.0. The van der Waals surface area contributed by atoms with Crippen LogP contribution in [0.4, 0.5) is 0 Å². The SMILES string of the molecule is CC(=O)OC1C2C(CC3(OC(C)=O)C(OC(C)=O)C4C(OC(=O)c5ccccc5)C(C)CC4(O)C(OC(C)=O)C2(C)C3OC(C)=O)C(=O)C1(C)C. The van der Waals surface area contributed by atoms with Crippen LogP contribution >= 0.6 is 0 Å². The van der Waals surface area contributed by atoms with E-state index in [4.69, 9.17) is 28.4 Å². The van der Waals surface area contributed by atoms with E-state index in [1.165, 1.54) is 26.0 Å². The molecule has 5 rings (SSSR count). The summed E-state index contributed by atoms with van der Waals surface area (Å²) < 4.78 is 36.4. The van der Waals surface area contributed by atoms with E-state index in [0.29, 0.717) is 0 Å². The van der Waals surface area contributed by atoms with Gasteiger partial charge in [0.15, 0.2) is 17.8 Å². The third-order valence-corrected chi connectivity index (χ3v) is 11.4. The molecule has 14 nitrogen and oxygen atoms in total. The molecule has 51 heavy (non-hydrogen) atoms. The van der Waals surface area contributed by atoms with Gasteiger partial charge in [-0.15, -0.1) is 0 Å². The molecule has 4 fully saturated rings. The molecule has 4 aliphatic carbocycles. The molecule has 0 amide bonds. The maximum Gasteiger partial charge on any atom is 0.338 e. The van der Waals surface area contributed by atoms with E-state index < -0.39 is 124 Å². The van der Waals surface area contributed by atoms with Gasteiger partial charge in [0.05, 0.1) is 22.3 Å². The standard InChI is InChI=1S/C37H46O14/c1-17-15-36(45)26(27(17)50-31(44)23-13-11-10-12-14-23)30(47-19(3)39)37(51-22(6)42)16-24-25(29(46-18(2)38)34(7,8)28(24)43)35(9,32(36)48-20(4)40)33(37)49-21(5)41/h10-14,17,24-27,29-30,32-33,45H,15-16H2,1-9H3. The number of Topliss-reactive ketones (excluding diaryl/α,β-unsaturated/α-hetero) is 1. The van der Waals surface area contributed by atoms with Crippen LogP contribution < -0.4 is 0 Å². The molecule has 14 heteroatoms. The monoisotopic (exact) mass is 714 g/mol. The van der Waals surface area contributed by atoms with E-state index in [1.807, 2.05) is 0 Å². The lowest BCUT2D eigenvalue weighted by molar-refractivity contribution is -0.276. The summed E-state index contributed by atoms with van der Waals surface area (Å²) in [6.07, 6.45) is -8.24. The van der Waals surface area contributed by atoms with Gasteiger partial charge in [-0.1, -0.05) is 32.0 Å². The molecule has 0 aliphatic heterocycles. The Morgan fingerprint density at radius 1 is 0.686 bits per heavy atom. The van der Waals surface area contributed by atoms with Crippen LogP contribution in [0.3, 0.4) is 0 Å². The van der Waals surface area contributed by atoms with E-state index in [1.54, 1.807) is 39.0 Å². The first-order valence-corrected chi connectivity index (χ1v) is 17.0. The van der Waals surface area contributed by atoms with E-state index in [-0.39, 0.29) is 12.0 Å². The lowest BCUT2D eigenvalue weighted by Crippen LogP contribution is -2.71. The molecule has 0 spiro atoms. The number of ketones is 1. The fraction of sp³-hybridized carbons (Fsp3) is 0.649. The van der Waals surface area contributed by atoms with Crippen LogP contribution in [-0.4, -0.2) is 88.4 Å². The quantitative estimate of drug-likeness (QED) is 0.320. The number of ether oxygens (including phenoxy) is 6. The predicted molar refractivity (Wildman–Crippen MR) is 173 cm³/mol. The summed E-state index contributed by atoms with van der Waals surface area (Å²) in [4.78, 5) is 93.4. The topological polar surface area (TPSA) is 195 Å². The zero-order valence-corrected chi connectivity index (χ0v) is 30.3. The van der Waals surface area contributed by atoms with Crippen molar-refractivity contribution >= 4 is 41.6 Å². The highest BCUT2D eigenvalue weighted by atomic mass is 16.6. The number of aliphatic hydroxyl groups is 1. The van der Waals surface area contributed by atoms with E-state index in [0.717, 1.165) is 27.7 Å². The van der Waals surface area contributed by atoms with Crippen molar-refractivity contribution in [2.24, 2.45) is 34.5 Å². The average molecular weight is 715 g/mol. The molecule has 0 saturated heterocycles. The molecular formula is C37H46O14. The molecule has 278 valence electrons. The molecule has 0 aromatic heterocycles. The first-order chi connectivity index (χ1) is 23.6. The van der Waals surface area contributed by atoms with Gasteiger partial charge in [-0.2, -0.15) is 0 Å². The van der Waals surface area contributed by atoms with Gasteiger partial charge >= 0.3 is 35.8 Å². The van der Waals surface area contributed by atoms with Gasteiger partial charge in [-0.3, -0.25) is 28.8 Å². The summed E-state index contributed by atoms with van der Waals surface area (Å²) in [5.41, 5.74) is -7.57. The van der Waals surface area contributed by atoms with Crippen molar-refractivity contribution in [3.8, 4) is 0 Å². The molecule has 1 aromatic carbocycles. The van der Waals surface area contributed by atoms with Crippen molar-refractivity contribution in [1.82, 2.24) is 0 Å². The highest BCUT2D eigenvalue weighted by molar-refractivity contribution is 5.91. The summed E-state index contributed by atoms with van der Waals surface area (Å²) in [7, 11) is 0. The maximum atomic E-state index is 14.5. The lowest BCUT2D eigenvalue weighted by atomic mass is 9.53. The van der Waals surface area contributed by atoms with Crippen LogP contribution in [0, 0.1) is 34.5 Å². The Kier molecular flexibility index (Phi) is 9.68. The molecule has 2 bridgehead atoms. The summed E-state index contributed by atoms with van der Waals surface area (Å²) >= 11 is 0. The van der Waals surface area contributed by atoms with Gasteiger partial charge in [-0.05, 0) is 38.3 Å². The first-order valence-electron chi connectivity index (χ1n) is 17.0. The van der Waals surface area contributed by atoms with Gasteiger partial charge in [0.25, 0.3) is 0 Å². The minimum Gasteiger partial charge on any atom is -0.461 e. The number of hydrogen-bond acceptors (Lipinski definition) is 14. The van der Waals surface area contributed by atoms with Crippen molar-refractivity contribution in [1.29, 1.82) is 0 Å². The number of rotatable bonds is 7. The molecule has 4 aliphatic rings. The summed E-state index contributed by atoms with van der Waals surface area (Å²) in [5.74, 6) is -9.88. The van der Waals surface area contributed by atoms with Crippen molar-refractivity contribution < 1.29 is 67.1 Å². The predicted octanol–water partition coefficient (Wildman–Crippen LogP) is 2.89. The molecule has 12 unspecified atom stereocenters. The second-order valence-electron chi connectivity index (χ2n) is 15.3. The zero-order valence-electron chi connectivity index (χ0n) is 30.3. The fourth-order valence-corrected chi connectivity index (χ4v) is 10.0. The normalized spacial score (nSPS) is 38.9. The van der Waals surface area contributed by atoms with Crippen molar-refractivity contribution in [3.63, 3.8) is 0 Å². The smallest absolute Gasteiger partial charge is 0.338 e. The van der Waals surface area contributed by atoms with Crippen LogP contribution in [0.5, 0.6) is 0 Å². The number of esters is 6. The zero-order chi connectivity index (χ0) is 38.0. The minimum atomic E-state index is -2.26. The van der Waals surface area contributed by atoms with Crippen molar-refractivity contribution in [3.05, 3.63) is 35.9 Å². The summed E-state index contributed by atoms with van der Waals surface area (Å²) in [5, 5.41) is 13.3. The third-order valence-electron chi connectivity index (χ3n) is 11.4. The van der Waals surface area contributed by atoms with Crippen molar-refractivity contribution in [2.75, 3.05) is 0 Å². The number of carbonyl (C=O) groups excluding carboxylic acids is 7. The molecule has 1 aromatic rings. The van der Waals surface area contributed by atoms with Crippen LogP contribution in [-0.2, 0) is 57.2 Å². The van der Waals surface area contributed by atoms with Crippen LogP contribution in [0.2, 0.25) is 0 Å². The molecule has 4 saturated carbocycles. The van der Waals surface area contributed by atoms with Gasteiger partial charge in [0, 0.05) is 52.9 Å². The molecule has 12 atom stereocenters. The van der Waals surface area contributed by atoms with Crippen LogP contribution in [0.25, 0.3) is 0 Å². The Labute approximate surface area is 295 Å². The van der Waals surface area contributed by atoms with Gasteiger partial charge in [0.1, 0.15) is 29.7 Å². The first kappa shape index (κ1) is 37.9. The lowest BCUT2D eigenvalue weighted by Gasteiger charge is -2.58. The van der Waals surface area contributed by atoms with Crippen LogP contribution in [0.15, 0.2) is 30.3 Å². The van der Waals surface area contributed by atoms with Gasteiger partial charge < -0.3 is 33.5 Å². The number of fused-ring (bicyclic) bond motifs is 5. The summed E-state index contributed by atoms with van der Waals surface area (Å²) in [6.45, 7) is 11.9. The minimum absolute atomic E-state index is 0.180. The Morgan fingerprint density at radius 2 is 1.22 bits per heavy atom. The summed E-state index contributed by atoms with van der Waals surface area (Å²) in [6, 6.07) is 8.04. The highest BCUT2D eigenvalue weighted by Crippen LogP contribution is 2.69. The Hall–Kier alpha value is -4.33. The van der Waals surface area contributed by atoms with Crippen molar-refractivity contribution in [2.45, 2.75) is 117 Å². The molecule has 1 N–H and O–H groups in total. The van der Waals surface area contributed by atoms with E-state index in [9.17, 15) is 38.7 Å². The molecular weight excluding hydrogens is 668 g/mol. The average Bonchev–Trinajstić information content (AvgIpc) is 3.36. The van der Waals surface area contributed by atoms with E-state index in [2.05, 4.69) is 0 Å². The number of hydrogen-bond donors (Lipinski definition) is 1. The number of benzene rings is 1. The molecule has 0 radical (unpaired) electrons.